The predicted octanol–water partition coefficient (Wildman–Crippen LogP) is 3.50. The molecule has 1 aliphatic carbocycles. The second kappa shape index (κ2) is 4.58. The number of aliphatic hydroxyl groups is 1. The van der Waals surface area contributed by atoms with Crippen LogP contribution in [0.5, 0.6) is 17.2 Å². The van der Waals surface area contributed by atoms with Gasteiger partial charge in [0.25, 0.3) is 0 Å². The number of fused-ring (bicyclic) bond motifs is 6. The summed E-state index contributed by atoms with van der Waals surface area (Å²) in [4.78, 5) is 0. The highest BCUT2D eigenvalue weighted by atomic mass is 16.5. The van der Waals surface area contributed by atoms with Gasteiger partial charge in [-0.25, -0.2) is 0 Å². The molecule has 2 aliphatic heterocycles. The summed E-state index contributed by atoms with van der Waals surface area (Å²) < 4.78 is 11.9. The Morgan fingerprint density at radius 1 is 1.12 bits per heavy atom. The third-order valence-corrected chi connectivity index (χ3v) is 5.56. The fraction of sp³-hybridized carbons (Fsp3) is 0.333. The van der Waals surface area contributed by atoms with Gasteiger partial charge in [0.2, 0.25) is 0 Å². The zero-order valence-electron chi connectivity index (χ0n) is 14.2. The van der Waals surface area contributed by atoms with Gasteiger partial charge in [0, 0.05) is 23.1 Å². The lowest BCUT2D eigenvalue weighted by Gasteiger charge is -2.37. The molecule has 2 heterocycles. The molecular weight excluding hydrogens is 316 g/mol. The largest absolute Gasteiger partial charge is 0.508 e. The maximum absolute atomic E-state index is 11.4. The van der Waals surface area contributed by atoms with Crippen LogP contribution >= 0.6 is 0 Å². The van der Waals surface area contributed by atoms with Crippen LogP contribution in [0.15, 0.2) is 36.4 Å². The maximum atomic E-state index is 11.4. The molecule has 25 heavy (non-hydrogen) atoms. The van der Waals surface area contributed by atoms with Crippen molar-refractivity contribution in [3.63, 3.8) is 0 Å². The van der Waals surface area contributed by atoms with Gasteiger partial charge in [-0.15, -0.1) is 0 Å². The van der Waals surface area contributed by atoms with Crippen molar-refractivity contribution in [1.82, 2.24) is 0 Å². The first-order valence-electron chi connectivity index (χ1n) is 8.59. The summed E-state index contributed by atoms with van der Waals surface area (Å²) in [5, 5.41) is 21.1. The molecule has 0 saturated carbocycles. The highest BCUT2D eigenvalue weighted by molar-refractivity contribution is 5.66. The van der Waals surface area contributed by atoms with Crippen molar-refractivity contribution >= 4 is 6.08 Å². The number of phenols is 1. The van der Waals surface area contributed by atoms with Gasteiger partial charge in [0.15, 0.2) is 0 Å². The molecule has 0 unspecified atom stereocenters. The van der Waals surface area contributed by atoms with Crippen LogP contribution in [0.1, 0.15) is 42.0 Å². The average Bonchev–Trinajstić information content (AvgIpc) is 2.84. The van der Waals surface area contributed by atoms with Crippen LogP contribution in [0.4, 0.5) is 0 Å². The Kier molecular flexibility index (Phi) is 2.72. The number of ether oxygens (including phenoxy) is 2. The summed E-state index contributed by atoms with van der Waals surface area (Å²) in [5.41, 5.74) is 2.58. The van der Waals surface area contributed by atoms with Gasteiger partial charge in [0.05, 0.1) is 0 Å². The zero-order valence-corrected chi connectivity index (χ0v) is 14.2. The first-order chi connectivity index (χ1) is 11.9. The standard InChI is InChI=1S/C21H20O4/c1-20(2)6-5-12-7-16-13(9-18(12)25-20)8-17-15-4-3-14(22)10-19(15)24-11-21(16,17)23/h3-7,9-10,17,22-23H,8,11H2,1-2H3/t17-,21+/m1/s1. The lowest BCUT2D eigenvalue weighted by Crippen LogP contribution is -2.40. The van der Waals surface area contributed by atoms with Gasteiger partial charge in [-0.05, 0) is 55.7 Å². The molecule has 0 spiro atoms. The smallest absolute Gasteiger partial charge is 0.131 e. The number of phenolic OH excluding ortho intramolecular Hbond substituents is 1. The van der Waals surface area contributed by atoms with Crippen LogP contribution in [0.3, 0.4) is 0 Å². The van der Waals surface area contributed by atoms with Gasteiger partial charge < -0.3 is 19.7 Å². The fourth-order valence-electron chi connectivity index (χ4n) is 4.28. The van der Waals surface area contributed by atoms with E-state index in [4.69, 9.17) is 9.47 Å². The van der Waals surface area contributed by atoms with E-state index in [1.807, 2.05) is 32.1 Å². The van der Waals surface area contributed by atoms with Gasteiger partial charge in [-0.3, -0.25) is 0 Å². The van der Waals surface area contributed by atoms with E-state index in [0.717, 1.165) is 34.4 Å². The van der Waals surface area contributed by atoms with E-state index in [9.17, 15) is 10.2 Å². The van der Waals surface area contributed by atoms with Gasteiger partial charge >= 0.3 is 0 Å². The van der Waals surface area contributed by atoms with Crippen LogP contribution in [0.2, 0.25) is 0 Å². The number of benzene rings is 2. The van der Waals surface area contributed by atoms with E-state index in [-0.39, 0.29) is 23.9 Å². The van der Waals surface area contributed by atoms with Crippen molar-refractivity contribution in [2.45, 2.75) is 37.4 Å². The molecule has 0 saturated heterocycles. The van der Waals surface area contributed by atoms with Crippen LogP contribution in [-0.4, -0.2) is 22.4 Å². The second-order valence-electron chi connectivity index (χ2n) is 7.78. The summed E-state index contributed by atoms with van der Waals surface area (Å²) in [6, 6.07) is 9.22. The summed E-state index contributed by atoms with van der Waals surface area (Å²) in [6.07, 6.45) is 4.83. The predicted molar refractivity (Wildman–Crippen MR) is 94.1 cm³/mol. The molecule has 128 valence electrons. The van der Waals surface area contributed by atoms with Crippen LogP contribution in [0, 0.1) is 0 Å². The fourth-order valence-corrected chi connectivity index (χ4v) is 4.28. The molecule has 4 nitrogen and oxygen atoms in total. The SMILES string of the molecule is CC1(C)C=Cc2cc3c(cc2O1)C[C@@H]1c2ccc(O)cc2OC[C@]31O. The highest BCUT2D eigenvalue weighted by Crippen LogP contribution is 2.54. The highest BCUT2D eigenvalue weighted by Gasteiger charge is 2.51. The molecule has 2 aromatic carbocycles. The van der Waals surface area contributed by atoms with E-state index < -0.39 is 5.60 Å². The molecule has 2 atom stereocenters. The molecule has 5 rings (SSSR count). The molecule has 0 amide bonds. The van der Waals surface area contributed by atoms with E-state index in [0.29, 0.717) is 5.75 Å². The number of hydrogen-bond donors (Lipinski definition) is 2. The summed E-state index contributed by atoms with van der Waals surface area (Å²) in [5.74, 6) is 1.62. The Morgan fingerprint density at radius 3 is 2.80 bits per heavy atom. The lowest BCUT2D eigenvalue weighted by molar-refractivity contribution is -0.0377. The van der Waals surface area contributed by atoms with Crippen LogP contribution in [0.25, 0.3) is 6.08 Å². The Bertz CT molecular complexity index is 928. The van der Waals surface area contributed by atoms with Crippen molar-refractivity contribution in [2.24, 2.45) is 0 Å². The average molecular weight is 336 g/mol. The van der Waals surface area contributed by atoms with Gasteiger partial charge in [-0.1, -0.05) is 12.1 Å². The number of aromatic hydroxyl groups is 1. The Hall–Kier alpha value is -2.46. The molecule has 0 fully saturated rings. The summed E-state index contributed by atoms with van der Waals surface area (Å²) >= 11 is 0. The first-order valence-corrected chi connectivity index (χ1v) is 8.59. The van der Waals surface area contributed by atoms with Crippen LogP contribution in [-0.2, 0) is 12.0 Å². The molecule has 4 heteroatoms. The van der Waals surface area contributed by atoms with E-state index in [2.05, 4.69) is 12.1 Å². The van der Waals surface area contributed by atoms with Crippen molar-refractivity contribution in [3.05, 3.63) is 58.7 Å². The van der Waals surface area contributed by atoms with E-state index in [1.165, 1.54) is 0 Å². The van der Waals surface area contributed by atoms with Crippen molar-refractivity contribution < 1.29 is 19.7 Å². The van der Waals surface area contributed by atoms with E-state index in [1.54, 1.807) is 12.1 Å². The normalized spacial score (nSPS) is 27.4. The maximum Gasteiger partial charge on any atom is 0.131 e. The van der Waals surface area contributed by atoms with Gasteiger partial charge in [0.1, 0.15) is 35.1 Å². The molecule has 0 bridgehead atoms. The van der Waals surface area contributed by atoms with Crippen molar-refractivity contribution in [1.29, 1.82) is 0 Å². The molecule has 2 aromatic rings. The minimum absolute atomic E-state index is 0.0762. The summed E-state index contributed by atoms with van der Waals surface area (Å²) in [6.45, 7) is 4.25. The van der Waals surface area contributed by atoms with Crippen molar-refractivity contribution in [3.8, 4) is 17.2 Å². The third kappa shape index (κ3) is 2.04. The molecule has 2 N–H and O–H groups in total. The topological polar surface area (TPSA) is 58.9 Å². The molecule has 0 radical (unpaired) electrons. The third-order valence-electron chi connectivity index (χ3n) is 5.56. The molecule has 3 aliphatic rings. The number of hydrogen-bond acceptors (Lipinski definition) is 4. The minimum atomic E-state index is -1.05. The lowest BCUT2D eigenvalue weighted by atomic mass is 9.80. The first kappa shape index (κ1) is 14.8. The number of rotatable bonds is 0. The van der Waals surface area contributed by atoms with Gasteiger partial charge in [-0.2, -0.15) is 0 Å². The summed E-state index contributed by atoms with van der Waals surface area (Å²) in [7, 11) is 0. The van der Waals surface area contributed by atoms with E-state index >= 15 is 0 Å². The second-order valence-corrected chi connectivity index (χ2v) is 7.78. The minimum Gasteiger partial charge on any atom is -0.508 e. The molecular formula is C21H20O4. The zero-order chi connectivity index (χ0) is 17.4. The molecule has 0 aromatic heterocycles. The Balaban J connectivity index is 1.63. The Labute approximate surface area is 146 Å². The van der Waals surface area contributed by atoms with Crippen molar-refractivity contribution in [2.75, 3.05) is 6.61 Å². The monoisotopic (exact) mass is 336 g/mol. The van der Waals surface area contributed by atoms with Crippen LogP contribution < -0.4 is 9.47 Å². The Morgan fingerprint density at radius 2 is 1.96 bits per heavy atom. The quantitative estimate of drug-likeness (QED) is 0.773.